The Morgan fingerprint density at radius 3 is 2.62 bits per heavy atom. The quantitative estimate of drug-likeness (QED) is 0.678. The Labute approximate surface area is 95.2 Å². The number of esters is 1. The van der Waals surface area contributed by atoms with Crippen LogP contribution in [0.2, 0.25) is 0 Å². The van der Waals surface area contributed by atoms with E-state index in [1.165, 1.54) is 7.11 Å². The van der Waals surface area contributed by atoms with Crippen molar-refractivity contribution in [3.63, 3.8) is 0 Å². The number of benzene rings is 1. The first kappa shape index (κ1) is 10.9. The van der Waals surface area contributed by atoms with Gasteiger partial charge < -0.3 is 4.74 Å². The molecule has 3 heteroatoms. The van der Waals surface area contributed by atoms with E-state index in [0.29, 0.717) is 5.71 Å². The van der Waals surface area contributed by atoms with Gasteiger partial charge in [0.25, 0.3) is 0 Å². The number of methoxy groups -OCH3 is 1. The van der Waals surface area contributed by atoms with Gasteiger partial charge in [-0.3, -0.25) is 0 Å². The second-order valence-corrected chi connectivity index (χ2v) is 4.55. The molecule has 1 aliphatic heterocycles. The summed E-state index contributed by atoms with van der Waals surface area (Å²) in [6.45, 7) is 6.04. The Balaban J connectivity index is 2.60. The minimum Gasteiger partial charge on any atom is -0.465 e. The Morgan fingerprint density at radius 2 is 2.06 bits per heavy atom. The first-order chi connectivity index (χ1) is 7.48. The minimum absolute atomic E-state index is 0.347. The second kappa shape index (κ2) is 3.44. The number of rotatable bonds is 1. The van der Waals surface area contributed by atoms with E-state index in [9.17, 15) is 4.79 Å². The Hall–Kier alpha value is -1.64. The molecule has 0 unspecified atom stereocenters. The summed E-state index contributed by atoms with van der Waals surface area (Å²) in [5.41, 5.74) is 3.28. The molecular formula is C13H15NO2. The van der Waals surface area contributed by atoms with E-state index in [1.54, 1.807) is 0 Å². The molecule has 0 N–H and O–H groups in total. The molecule has 0 amide bonds. The number of hydrogen-bond donors (Lipinski definition) is 0. The molecule has 1 heterocycles. The first-order valence-electron chi connectivity index (χ1n) is 5.26. The number of aryl methyl sites for hydroxylation is 1. The standard InChI is InChI=1S/C13H15NO2/c1-8-6-5-7-9-10(8)13(2,3)11(14-9)12(15)16-4/h5-7H,1-4H3. The van der Waals surface area contributed by atoms with Gasteiger partial charge in [0.1, 0.15) is 5.71 Å². The lowest BCUT2D eigenvalue weighted by molar-refractivity contribution is -0.133. The van der Waals surface area contributed by atoms with Crippen LogP contribution in [0.4, 0.5) is 5.69 Å². The lowest BCUT2D eigenvalue weighted by atomic mass is 9.79. The zero-order chi connectivity index (χ0) is 11.9. The minimum atomic E-state index is -0.367. The van der Waals surface area contributed by atoms with Crippen molar-refractivity contribution in [1.29, 1.82) is 0 Å². The van der Waals surface area contributed by atoms with Crippen molar-refractivity contribution < 1.29 is 9.53 Å². The van der Waals surface area contributed by atoms with Crippen molar-refractivity contribution in [3.8, 4) is 0 Å². The number of carbonyl (C=O) groups excluding carboxylic acids is 1. The van der Waals surface area contributed by atoms with Crippen LogP contribution in [0.15, 0.2) is 23.2 Å². The molecule has 0 atom stereocenters. The van der Waals surface area contributed by atoms with E-state index < -0.39 is 0 Å². The normalized spacial score (nSPS) is 16.6. The second-order valence-electron chi connectivity index (χ2n) is 4.55. The lowest BCUT2D eigenvalue weighted by Gasteiger charge is -2.22. The third-order valence-corrected chi connectivity index (χ3v) is 3.08. The summed E-state index contributed by atoms with van der Waals surface area (Å²) in [5.74, 6) is -0.347. The molecule has 3 nitrogen and oxygen atoms in total. The van der Waals surface area contributed by atoms with Crippen molar-refractivity contribution in [2.75, 3.05) is 7.11 Å². The smallest absolute Gasteiger partial charge is 0.353 e. The molecule has 16 heavy (non-hydrogen) atoms. The van der Waals surface area contributed by atoms with Gasteiger partial charge in [-0.25, -0.2) is 9.79 Å². The van der Waals surface area contributed by atoms with Crippen LogP contribution in [0.1, 0.15) is 25.0 Å². The van der Waals surface area contributed by atoms with Crippen LogP contribution in [0.25, 0.3) is 0 Å². The number of ether oxygens (including phenoxy) is 1. The average molecular weight is 217 g/mol. The Kier molecular flexibility index (Phi) is 2.34. The maximum absolute atomic E-state index is 11.7. The average Bonchev–Trinajstić information content (AvgIpc) is 2.50. The fraction of sp³-hybridized carbons (Fsp3) is 0.385. The molecule has 2 rings (SSSR count). The molecule has 1 aliphatic rings. The topological polar surface area (TPSA) is 38.7 Å². The predicted molar refractivity (Wildman–Crippen MR) is 63.3 cm³/mol. The fourth-order valence-corrected chi connectivity index (χ4v) is 2.33. The fourth-order valence-electron chi connectivity index (χ4n) is 2.33. The van der Waals surface area contributed by atoms with Crippen LogP contribution in [0.3, 0.4) is 0 Å². The Bertz CT molecular complexity index is 487. The van der Waals surface area contributed by atoms with Crippen molar-refractivity contribution >= 4 is 17.4 Å². The molecule has 84 valence electrons. The number of nitrogens with zero attached hydrogens (tertiary/aromatic N) is 1. The number of hydrogen-bond acceptors (Lipinski definition) is 3. The van der Waals surface area contributed by atoms with Crippen molar-refractivity contribution in [1.82, 2.24) is 0 Å². The van der Waals surface area contributed by atoms with Gasteiger partial charge in [-0.1, -0.05) is 12.1 Å². The molecule has 0 saturated carbocycles. The van der Waals surface area contributed by atoms with Crippen LogP contribution in [0, 0.1) is 6.92 Å². The maximum atomic E-state index is 11.7. The summed E-state index contributed by atoms with van der Waals surface area (Å²) < 4.78 is 4.77. The van der Waals surface area contributed by atoms with Crippen LogP contribution in [-0.2, 0) is 14.9 Å². The summed E-state index contributed by atoms with van der Waals surface area (Å²) in [6.07, 6.45) is 0. The molecule has 0 radical (unpaired) electrons. The van der Waals surface area contributed by atoms with Crippen molar-refractivity contribution in [2.45, 2.75) is 26.2 Å². The van der Waals surface area contributed by atoms with Gasteiger partial charge in [0.2, 0.25) is 0 Å². The first-order valence-corrected chi connectivity index (χ1v) is 5.26. The molecule has 0 aliphatic carbocycles. The van der Waals surface area contributed by atoms with Crippen LogP contribution in [-0.4, -0.2) is 18.8 Å². The van der Waals surface area contributed by atoms with E-state index in [2.05, 4.69) is 4.99 Å². The zero-order valence-corrected chi connectivity index (χ0v) is 10.00. The lowest BCUT2D eigenvalue weighted by Crippen LogP contribution is -2.33. The third kappa shape index (κ3) is 1.35. The van der Waals surface area contributed by atoms with E-state index in [-0.39, 0.29) is 11.4 Å². The monoisotopic (exact) mass is 217 g/mol. The molecule has 0 saturated heterocycles. The summed E-state index contributed by atoms with van der Waals surface area (Å²) in [6, 6.07) is 5.92. The molecule has 0 fully saturated rings. The van der Waals surface area contributed by atoms with Crippen LogP contribution in [0.5, 0.6) is 0 Å². The van der Waals surface area contributed by atoms with Crippen molar-refractivity contribution in [2.24, 2.45) is 4.99 Å². The Morgan fingerprint density at radius 1 is 1.38 bits per heavy atom. The highest BCUT2D eigenvalue weighted by Crippen LogP contribution is 2.41. The van der Waals surface area contributed by atoms with E-state index in [4.69, 9.17) is 4.74 Å². The van der Waals surface area contributed by atoms with Gasteiger partial charge in [-0.05, 0) is 38.0 Å². The molecule has 0 spiro atoms. The summed E-state index contributed by atoms with van der Waals surface area (Å²) in [7, 11) is 1.39. The summed E-state index contributed by atoms with van der Waals surface area (Å²) >= 11 is 0. The number of aliphatic imine (C=N–C) groups is 1. The highest BCUT2D eigenvalue weighted by atomic mass is 16.5. The van der Waals surface area contributed by atoms with Gasteiger partial charge in [-0.15, -0.1) is 0 Å². The van der Waals surface area contributed by atoms with E-state index in [1.807, 2.05) is 39.0 Å². The van der Waals surface area contributed by atoms with Crippen LogP contribution < -0.4 is 0 Å². The summed E-state index contributed by atoms with van der Waals surface area (Å²) in [4.78, 5) is 16.0. The largest absolute Gasteiger partial charge is 0.465 e. The SMILES string of the molecule is COC(=O)C1=Nc2cccc(C)c2C1(C)C. The zero-order valence-electron chi connectivity index (χ0n) is 10.00. The van der Waals surface area contributed by atoms with E-state index >= 15 is 0 Å². The van der Waals surface area contributed by atoms with Gasteiger partial charge in [-0.2, -0.15) is 0 Å². The summed E-state index contributed by atoms with van der Waals surface area (Å²) in [5, 5.41) is 0. The molecule has 0 bridgehead atoms. The number of fused-ring (bicyclic) bond motifs is 1. The van der Waals surface area contributed by atoms with Crippen molar-refractivity contribution in [3.05, 3.63) is 29.3 Å². The van der Waals surface area contributed by atoms with Gasteiger partial charge in [0, 0.05) is 5.41 Å². The molecular weight excluding hydrogens is 202 g/mol. The molecule has 1 aromatic carbocycles. The van der Waals surface area contributed by atoms with Gasteiger partial charge in [0.15, 0.2) is 0 Å². The van der Waals surface area contributed by atoms with Gasteiger partial charge >= 0.3 is 5.97 Å². The maximum Gasteiger partial charge on any atom is 0.353 e. The number of carbonyl (C=O) groups is 1. The van der Waals surface area contributed by atoms with E-state index in [0.717, 1.165) is 16.8 Å². The highest BCUT2D eigenvalue weighted by Gasteiger charge is 2.40. The highest BCUT2D eigenvalue weighted by molar-refractivity contribution is 6.41. The molecule has 1 aromatic rings. The van der Waals surface area contributed by atoms with Crippen LogP contribution >= 0.6 is 0 Å². The van der Waals surface area contributed by atoms with Gasteiger partial charge in [0.05, 0.1) is 12.8 Å². The predicted octanol–water partition coefficient (Wildman–Crippen LogP) is 2.53. The third-order valence-electron chi connectivity index (χ3n) is 3.08. The molecule has 0 aromatic heterocycles.